The highest BCUT2D eigenvalue weighted by Crippen LogP contribution is 2.38. The zero-order chi connectivity index (χ0) is 14.0. The fraction of sp³-hybridized carbons (Fsp3) is 0.647. The smallest absolute Gasteiger partial charge is 0.0425 e. The van der Waals surface area contributed by atoms with Crippen LogP contribution in [0.2, 0.25) is 0 Å². The molecular weight excluding hydrogens is 232 g/mol. The van der Waals surface area contributed by atoms with E-state index in [1.54, 1.807) is 0 Å². The minimum absolute atomic E-state index is 0.371. The number of aryl methyl sites for hydroxylation is 2. The molecule has 1 N–H and O–H groups in total. The highest BCUT2D eigenvalue weighted by atomic mass is 15.2. The van der Waals surface area contributed by atoms with Crippen LogP contribution in [0.4, 0.5) is 5.69 Å². The summed E-state index contributed by atoms with van der Waals surface area (Å²) in [5, 5.41) is 3.35. The number of anilines is 1. The number of hydrogen-bond acceptors (Lipinski definition) is 2. The van der Waals surface area contributed by atoms with Crippen LogP contribution in [0, 0.1) is 25.2 Å². The number of benzene rings is 1. The van der Waals surface area contributed by atoms with E-state index in [1.807, 2.05) is 0 Å². The van der Waals surface area contributed by atoms with E-state index in [9.17, 15) is 0 Å². The van der Waals surface area contributed by atoms with Crippen LogP contribution in [0.3, 0.4) is 0 Å². The molecular formula is C17H28N2. The van der Waals surface area contributed by atoms with Crippen LogP contribution in [0.25, 0.3) is 0 Å². The van der Waals surface area contributed by atoms with Crippen molar-refractivity contribution < 1.29 is 0 Å². The van der Waals surface area contributed by atoms with E-state index in [0.717, 1.165) is 19.0 Å². The maximum Gasteiger partial charge on any atom is 0.0425 e. The largest absolute Gasteiger partial charge is 0.371 e. The molecule has 1 unspecified atom stereocenters. The number of hydrogen-bond donors (Lipinski definition) is 1. The average Bonchev–Trinajstić information content (AvgIpc) is 2.32. The van der Waals surface area contributed by atoms with Gasteiger partial charge in [0.25, 0.3) is 0 Å². The van der Waals surface area contributed by atoms with E-state index >= 15 is 0 Å². The lowest BCUT2D eigenvalue weighted by molar-refractivity contribution is 0.174. The molecule has 2 rings (SSSR count). The molecule has 0 aliphatic carbocycles. The van der Waals surface area contributed by atoms with Gasteiger partial charge >= 0.3 is 0 Å². The molecule has 1 heterocycles. The van der Waals surface area contributed by atoms with Gasteiger partial charge in [-0.1, -0.05) is 32.0 Å². The Labute approximate surface area is 118 Å². The molecule has 1 fully saturated rings. The molecule has 19 heavy (non-hydrogen) atoms. The van der Waals surface area contributed by atoms with Gasteiger partial charge in [-0.3, -0.25) is 0 Å². The maximum atomic E-state index is 3.35. The molecule has 0 radical (unpaired) electrons. The van der Waals surface area contributed by atoms with Gasteiger partial charge in [0.15, 0.2) is 0 Å². The predicted molar refractivity (Wildman–Crippen MR) is 83.9 cm³/mol. The van der Waals surface area contributed by atoms with Gasteiger partial charge in [0.05, 0.1) is 0 Å². The second-order valence-electron chi connectivity index (χ2n) is 6.69. The highest BCUT2D eigenvalue weighted by Gasteiger charge is 2.35. The monoisotopic (exact) mass is 260 g/mol. The molecule has 106 valence electrons. The second kappa shape index (κ2) is 5.54. The van der Waals surface area contributed by atoms with Gasteiger partial charge in [-0.15, -0.1) is 0 Å². The summed E-state index contributed by atoms with van der Waals surface area (Å²) >= 11 is 0. The molecule has 0 saturated carbocycles. The summed E-state index contributed by atoms with van der Waals surface area (Å²) in [6, 6.07) is 6.62. The molecule has 1 saturated heterocycles. The summed E-state index contributed by atoms with van der Waals surface area (Å²) in [5.41, 5.74) is 4.64. The summed E-state index contributed by atoms with van der Waals surface area (Å²) in [5.74, 6) is 0.776. The third-order valence-corrected chi connectivity index (χ3v) is 4.66. The van der Waals surface area contributed by atoms with Gasteiger partial charge in [-0.25, -0.2) is 0 Å². The number of nitrogens with zero attached hydrogens (tertiary/aromatic N) is 1. The van der Waals surface area contributed by atoms with Crippen molar-refractivity contribution in [3.8, 4) is 0 Å². The number of rotatable bonds is 3. The van der Waals surface area contributed by atoms with Crippen LogP contribution < -0.4 is 10.2 Å². The van der Waals surface area contributed by atoms with Crippen molar-refractivity contribution in [3.63, 3.8) is 0 Å². The Morgan fingerprint density at radius 1 is 1.26 bits per heavy atom. The van der Waals surface area contributed by atoms with Crippen molar-refractivity contribution in [2.45, 2.75) is 34.1 Å². The van der Waals surface area contributed by atoms with Gasteiger partial charge in [-0.2, -0.15) is 0 Å². The zero-order valence-corrected chi connectivity index (χ0v) is 13.1. The van der Waals surface area contributed by atoms with Crippen LogP contribution in [-0.4, -0.2) is 26.7 Å². The van der Waals surface area contributed by atoms with Crippen LogP contribution in [-0.2, 0) is 0 Å². The van der Waals surface area contributed by atoms with Gasteiger partial charge in [0.1, 0.15) is 0 Å². The lowest BCUT2D eigenvalue weighted by Gasteiger charge is -2.46. The second-order valence-corrected chi connectivity index (χ2v) is 6.69. The van der Waals surface area contributed by atoms with Crippen molar-refractivity contribution in [1.29, 1.82) is 0 Å². The first-order valence-corrected chi connectivity index (χ1v) is 7.41. The van der Waals surface area contributed by atoms with Crippen LogP contribution >= 0.6 is 0 Å². The summed E-state index contributed by atoms with van der Waals surface area (Å²) in [6.45, 7) is 12.8. The first kappa shape index (κ1) is 14.4. The van der Waals surface area contributed by atoms with E-state index in [2.05, 4.69) is 63.2 Å². The summed E-state index contributed by atoms with van der Waals surface area (Å²) in [7, 11) is 2.06. The first-order chi connectivity index (χ1) is 8.95. The van der Waals surface area contributed by atoms with Crippen LogP contribution in [0.5, 0.6) is 0 Å². The van der Waals surface area contributed by atoms with Gasteiger partial charge in [0.2, 0.25) is 0 Å². The molecule has 1 atom stereocenters. The van der Waals surface area contributed by atoms with Crippen LogP contribution in [0.15, 0.2) is 18.2 Å². The number of para-hydroxylation sites is 1. The van der Waals surface area contributed by atoms with Crippen molar-refractivity contribution in [3.05, 3.63) is 29.3 Å². The zero-order valence-electron chi connectivity index (χ0n) is 13.1. The SMILES string of the molecule is CNCC1CCN(c2c(C)cccc2C)CC1(C)C. The molecule has 0 aromatic heterocycles. The molecule has 2 heteroatoms. The summed E-state index contributed by atoms with van der Waals surface area (Å²) in [6.07, 6.45) is 1.28. The molecule has 0 spiro atoms. The quantitative estimate of drug-likeness (QED) is 0.896. The Morgan fingerprint density at radius 3 is 2.42 bits per heavy atom. The highest BCUT2D eigenvalue weighted by molar-refractivity contribution is 5.59. The molecule has 1 aliphatic rings. The fourth-order valence-corrected chi connectivity index (χ4v) is 3.52. The third-order valence-electron chi connectivity index (χ3n) is 4.66. The van der Waals surface area contributed by atoms with Crippen molar-refractivity contribution in [2.24, 2.45) is 11.3 Å². The molecule has 1 aromatic carbocycles. The Morgan fingerprint density at radius 2 is 1.89 bits per heavy atom. The Balaban J connectivity index is 2.21. The van der Waals surface area contributed by atoms with Crippen molar-refractivity contribution >= 4 is 5.69 Å². The minimum Gasteiger partial charge on any atom is -0.371 e. The van der Waals surface area contributed by atoms with Crippen molar-refractivity contribution in [2.75, 3.05) is 31.6 Å². The predicted octanol–water partition coefficient (Wildman–Crippen LogP) is 3.38. The van der Waals surface area contributed by atoms with E-state index in [-0.39, 0.29) is 0 Å². The summed E-state index contributed by atoms with van der Waals surface area (Å²) in [4.78, 5) is 2.59. The topological polar surface area (TPSA) is 15.3 Å². The standard InChI is InChI=1S/C17H28N2/c1-13-7-6-8-14(2)16(13)19-10-9-15(11-18-5)17(3,4)12-19/h6-8,15,18H,9-12H2,1-5H3. The van der Waals surface area contributed by atoms with E-state index in [0.29, 0.717) is 5.41 Å². The van der Waals surface area contributed by atoms with E-state index in [1.165, 1.54) is 29.8 Å². The third kappa shape index (κ3) is 2.94. The number of piperidine rings is 1. The van der Waals surface area contributed by atoms with Crippen LogP contribution in [0.1, 0.15) is 31.4 Å². The van der Waals surface area contributed by atoms with E-state index < -0.39 is 0 Å². The van der Waals surface area contributed by atoms with E-state index in [4.69, 9.17) is 0 Å². The van der Waals surface area contributed by atoms with Gasteiger partial charge in [0, 0.05) is 18.8 Å². The molecule has 2 nitrogen and oxygen atoms in total. The average molecular weight is 260 g/mol. The molecule has 0 bridgehead atoms. The fourth-order valence-electron chi connectivity index (χ4n) is 3.52. The molecule has 0 amide bonds. The molecule has 1 aliphatic heterocycles. The maximum absolute atomic E-state index is 3.35. The Hall–Kier alpha value is -1.02. The Kier molecular flexibility index (Phi) is 4.19. The lowest BCUT2D eigenvalue weighted by Crippen LogP contribution is -2.48. The number of nitrogens with one attached hydrogen (secondary N) is 1. The van der Waals surface area contributed by atoms with Gasteiger partial charge < -0.3 is 10.2 Å². The summed E-state index contributed by atoms with van der Waals surface area (Å²) < 4.78 is 0. The van der Waals surface area contributed by atoms with Gasteiger partial charge in [-0.05, 0) is 56.3 Å². The lowest BCUT2D eigenvalue weighted by atomic mass is 9.73. The Bertz CT molecular complexity index is 417. The first-order valence-electron chi connectivity index (χ1n) is 7.41. The minimum atomic E-state index is 0.371. The molecule has 1 aromatic rings. The normalized spacial score (nSPS) is 22.6. The van der Waals surface area contributed by atoms with Crippen molar-refractivity contribution in [1.82, 2.24) is 5.32 Å².